The van der Waals surface area contributed by atoms with Gasteiger partial charge in [-0.15, -0.1) is 0 Å². The lowest BCUT2D eigenvalue weighted by Crippen LogP contribution is -2.47. The van der Waals surface area contributed by atoms with Crippen LogP contribution in [0.5, 0.6) is 0 Å². The molecule has 0 unspecified atom stereocenters. The summed E-state index contributed by atoms with van der Waals surface area (Å²) in [6, 6.07) is 10.1. The summed E-state index contributed by atoms with van der Waals surface area (Å²) < 4.78 is 29.7. The van der Waals surface area contributed by atoms with Gasteiger partial charge < -0.3 is 19.5 Å². The number of nitrogens with one attached hydrogen (secondary N) is 1. The number of hydrogen-bond donors (Lipinski definition) is 1. The summed E-state index contributed by atoms with van der Waals surface area (Å²) in [6.45, 7) is 3.24. The zero-order valence-corrected chi connectivity index (χ0v) is 19.3. The zero-order chi connectivity index (χ0) is 23.3. The number of carbonyl (C=O) groups is 2. The highest BCUT2D eigenvalue weighted by Crippen LogP contribution is 2.15. The number of nitrogens with zero attached hydrogens (tertiary/aromatic N) is 3. The molecule has 1 aliphatic heterocycles. The van der Waals surface area contributed by atoms with Crippen molar-refractivity contribution < 1.29 is 22.4 Å². The van der Waals surface area contributed by atoms with Crippen molar-refractivity contribution >= 4 is 33.6 Å². The Morgan fingerprint density at radius 3 is 2.38 bits per heavy atom. The first-order chi connectivity index (χ1) is 15.1. The van der Waals surface area contributed by atoms with Gasteiger partial charge in [0.05, 0.1) is 12.8 Å². The van der Waals surface area contributed by atoms with Gasteiger partial charge in [0.15, 0.2) is 0 Å². The van der Waals surface area contributed by atoms with Gasteiger partial charge in [0.2, 0.25) is 15.9 Å². The molecule has 2 aromatic rings. The Morgan fingerprint density at radius 2 is 1.75 bits per heavy atom. The number of piperazine rings is 1. The van der Waals surface area contributed by atoms with Crippen LogP contribution in [-0.2, 0) is 21.4 Å². The molecule has 3 rings (SSSR count). The Balaban J connectivity index is 1.53. The molecule has 0 spiro atoms. The molecule has 1 fully saturated rings. The van der Waals surface area contributed by atoms with Crippen LogP contribution in [0.3, 0.4) is 0 Å². The van der Waals surface area contributed by atoms with E-state index < -0.39 is 10.0 Å². The molecule has 0 bridgehead atoms. The summed E-state index contributed by atoms with van der Waals surface area (Å²) in [6.07, 6.45) is 3.95. The summed E-state index contributed by atoms with van der Waals surface area (Å²) in [5, 5.41) is 2.74. The quantitative estimate of drug-likeness (QED) is 0.631. The van der Waals surface area contributed by atoms with Gasteiger partial charge in [-0.3, -0.25) is 9.59 Å². The molecular formula is C22H28N4O5S. The third-order valence-electron chi connectivity index (χ3n) is 5.22. The normalized spacial score (nSPS) is 15.4. The van der Waals surface area contributed by atoms with Crippen molar-refractivity contribution in [1.29, 1.82) is 0 Å². The summed E-state index contributed by atoms with van der Waals surface area (Å²) in [5.74, 6) is 0.545. The van der Waals surface area contributed by atoms with E-state index in [9.17, 15) is 18.0 Å². The molecule has 10 heteroatoms. The number of carbonyl (C=O) groups excluding carboxylic acids is 2. The van der Waals surface area contributed by atoms with E-state index in [1.54, 1.807) is 36.4 Å². The van der Waals surface area contributed by atoms with E-state index in [2.05, 4.69) is 10.2 Å². The van der Waals surface area contributed by atoms with Gasteiger partial charge in [-0.2, -0.15) is 4.31 Å². The van der Waals surface area contributed by atoms with Gasteiger partial charge in [0.1, 0.15) is 11.5 Å². The first-order valence-electron chi connectivity index (χ1n) is 10.2. The fraction of sp³-hybridized carbons (Fsp3) is 0.364. The highest BCUT2D eigenvalue weighted by molar-refractivity contribution is 7.88. The van der Waals surface area contributed by atoms with Crippen molar-refractivity contribution in [1.82, 2.24) is 14.1 Å². The highest BCUT2D eigenvalue weighted by atomic mass is 32.2. The van der Waals surface area contributed by atoms with Crippen LogP contribution in [0.4, 0.5) is 5.69 Å². The minimum absolute atomic E-state index is 0.00832. The molecule has 32 heavy (non-hydrogen) atoms. The summed E-state index contributed by atoms with van der Waals surface area (Å²) in [4.78, 5) is 28.8. The van der Waals surface area contributed by atoms with E-state index >= 15 is 0 Å². The van der Waals surface area contributed by atoms with Crippen molar-refractivity contribution in [2.75, 3.05) is 51.8 Å². The number of rotatable bonds is 7. The standard InChI is InChI=1S/C22H28N4O5S/c1-24-12-14-26(15-13-24)22(28)17-4-6-18(7-5-17)23-21(27)11-10-19-8-9-20(31-19)16-25(2)32(3,29)30/h4-11H,12-16H2,1-3H3,(H,23,27)/b11-10+. The number of furan rings is 1. The molecule has 172 valence electrons. The lowest BCUT2D eigenvalue weighted by atomic mass is 10.1. The number of benzene rings is 1. The summed E-state index contributed by atoms with van der Waals surface area (Å²) >= 11 is 0. The van der Waals surface area contributed by atoms with Crippen LogP contribution in [0.2, 0.25) is 0 Å². The number of hydrogen-bond acceptors (Lipinski definition) is 6. The van der Waals surface area contributed by atoms with Crippen molar-refractivity contribution in [3.05, 3.63) is 59.6 Å². The number of likely N-dealkylation sites (N-methyl/N-ethyl adjacent to an activating group) is 1. The minimum Gasteiger partial charge on any atom is -0.460 e. The second-order valence-electron chi connectivity index (χ2n) is 7.82. The number of amides is 2. The van der Waals surface area contributed by atoms with Crippen LogP contribution < -0.4 is 5.32 Å². The topological polar surface area (TPSA) is 103 Å². The van der Waals surface area contributed by atoms with Crippen molar-refractivity contribution in [3.63, 3.8) is 0 Å². The lowest BCUT2D eigenvalue weighted by molar-refractivity contribution is -0.111. The highest BCUT2D eigenvalue weighted by Gasteiger charge is 2.20. The first kappa shape index (κ1) is 23.7. The molecule has 0 radical (unpaired) electrons. The summed E-state index contributed by atoms with van der Waals surface area (Å²) in [7, 11) is 0.197. The van der Waals surface area contributed by atoms with E-state index in [-0.39, 0.29) is 18.4 Å². The van der Waals surface area contributed by atoms with Crippen LogP contribution >= 0.6 is 0 Å². The molecule has 1 aliphatic rings. The Hall–Kier alpha value is -2.95. The van der Waals surface area contributed by atoms with Crippen LogP contribution in [-0.4, -0.2) is 80.9 Å². The van der Waals surface area contributed by atoms with Gasteiger partial charge in [0, 0.05) is 50.6 Å². The Bertz CT molecular complexity index is 1080. The maximum absolute atomic E-state index is 12.6. The van der Waals surface area contributed by atoms with Crippen LogP contribution in [0, 0.1) is 0 Å². The molecular weight excluding hydrogens is 432 g/mol. The SMILES string of the molecule is CN1CCN(C(=O)c2ccc(NC(=O)/C=C/c3ccc(CN(C)S(C)(=O)=O)o3)cc2)CC1. The van der Waals surface area contributed by atoms with Crippen LogP contribution in [0.25, 0.3) is 6.08 Å². The molecule has 2 heterocycles. The predicted molar refractivity (Wildman–Crippen MR) is 123 cm³/mol. The Morgan fingerprint density at radius 1 is 1.09 bits per heavy atom. The van der Waals surface area contributed by atoms with E-state index in [1.165, 1.54) is 23.5 Å². The minimum atomic E-state index is -3.30. The first-order valence-corrected chi connectivity index (χ1v) is 12.0. The molecule has 0 atom stereocenters. The molecule has 9 nitrogen and oxygen atoms in total. The fourth-order valence-electron chi connectivity index (χ4n) is 3.14. The van der Waals surface area contributed by atoms with Gasteiger partial charge >= 0.3 is 0 Å². The van der Waals surface area contributed by atoms with Crippen LogP contribution in [0.15, 0.2) is 46.9 Å². The van der Waals surface area contributed by atoms with E-state index in [0.717, 1.165) is 19.3 Å². The predicted octanol–water partition coefficient (Wildman–Crippen LogP) is 1.71. The Labute approximate surface area is 188 Å². The monoisotopic (exact) mass is 460 g/mol. The second-order valence-corrected chi connectivity index (χ2v) is 9.91. The maximum atomic E-state index is 12.6. The number of sulfonamides is 1. The molecule has 1 aromatic carbocycles. The van der Waals surface area contributed by atoms with E-state index in [1.807, 2.05) is 11.9 Å². The fourth-order valence-corrected chi connectivity index (χ4v) is 3.50. The number of anilines is 1. The average molecular weight is 461 g/mol. The van der Waals surface area contributed by atoms with Gasteiger partial charge in [-0.25, -0.2) is 8.42 Å². The molecule has 1 saturated heterocycles. The van der Waals surface area contributed by atoms with Crippen molar-refractivity contribution in [2.45, 2.75) is 6.54 Å². The molecule has 2 amide bonds. The molecule has 1 N–H and O–H groups in total. The third-order valence-corrected chi connectivity index (χ3v) is 6.48. The second kappa shape index (κ2) is 10.1. The van der Waals surface area contributed by atoms with E-state index in [4.69, 9.17) is 4.42 Å². The lowest BCUT2D eigenvalue weighted by Gasteiger charge is -2.32. The average Bonchev–Trinajstić information content (AvgIpc) is 3.19. The van der Waals surface area contributed by atoms with Gasteiger partial charge in [0.25, 0.3) is 5.91 Å². The van der Waals surface area contributed by atoms with Crippen molar-refractivity contribution in [3.8, 4) is 0 Å². The van der Waals surface area contributed by atoms with E-state index in [0.29, 0.717) is 35.9 Å². The molecule has 0 saturated carbocycles. The molecule has 1 aromatic heterocycles. The summed E-state index contributed by atoms with van der Waals surface area (Å²) in [5.41, 5.74) is 1.16. The largest absolute Gasteiger partial charge is 0.460 e. The maximum Gasteiger partial charge on any atom is 0.253 e. The van der Waals surface area contributed by atoms with Gasteiger partial charge in [-0.05, 0) is 49.5 Å². The van der Waals surface area contributed by atoms with Gasteiger partial charge in [-0.1, -0.05) is 0 Å². The zero-order valence-electron chi connectivity index (χ0n) is 18.4. The van der Waals surface area contributed by atoms with Crippen molar-refractivity contribution in [2.24, 2.45) is 0 Å². The molecule has 0 aliphatic carbocycles. The third kappa shape index (κ3) is 6.52. The van der Waals surface area contributed by atoms with Crippen LogP contribution in [0.1, 0.15) is 21.9 Å². The Kier molecular flexibility index (Phi) is 7.49. The smallest absolute Gasteiger partial charge is 0.253 e.